The van der Waals surface area contributed by atoms with Crippen LogP contribution in [0.3, 0.4) is 0 Å². The molecule has 1 amide bonds. The van der Waals surface area contributed by atoms with Crippen LogP contribution < -0.4 is 4.90 Å². The van der Waals surface area contributed by atoms with Crippen molar-refractivity contribution >= 4 is 11.7 Å². The molecule has 0 radical (unpaired) electrons. The maximum atomic E-state index is 12.9. The molecule has 1 aliphatic rings. The van der Waals surface area contributed by atoms with Crippen molar-refractivity contribution in [1.29, 1.82) is 0 Å². The molecule has 24 heavy (non-hydrogen) atoms. The predicted octanol–water partition coefficient (Wildman–Crippen LogP) is 1.90. The number of ether oxygens (including phenoxy) is 1. The Labute approximate surface area is 142 Å². The number of rotatable bonds is 4. The molecular formula is C18H22N4O2. The van der Waals surface area contributed by atoms with E-state index in [1.165, 1.54) is 0 Å². The summed E-state index contributed by atoms with van der Waals surface area (Å²) in [5.74, 6) is 0.878. The lowest BCUT2D eigenvalue weighted by Crippen LogP contribution is -2.38. The summed E-state index contributed by atoms with van der Waals surface area (Å²) in [6.45, 7) is 2.99. The fourth-order valence-corrected chi connectivity index (χ4v) is 3.00. The lowest BCUT2D eigenvalue weighted by atomic mass is 10.1. The van der Waals surface area contributed by atoms with Crippen LogP contribution >= 0.6 is 0 Å². The van der Waals surface area contributed by atoms with E-state index in [9.17, 15) is 4.79 Å². The Kier molecular flexibility index (Phi) is 5.38. The van der Waals surface area contributed by atoms with Gasteiger partial charge in [0.1, 0.15) is 0 Å². The summed E-state index contributed by atoms with van der Waals surface area (Å²) in [5.41, 5.74) is 0.889. The van der Waals surface area contributed by atoms with Crippen LogP contribution in [0.25, 0.3) is 0 Å². The van der Waals surface area contributed by atoms with Crippen molar-refractivity contribution in [3.8, 4) is 0 Å². The molecular weight excluding hydrogens is 304 g/mol. The van der Waals surface area contributed by atoms with E-state index in [2.05, 4.69) is 15.1 Å². The first-order valence-electron chi connectivity index (χ1n) is 8.19. The van der Waals surface area contributed by atoms with Gasteiger partial charge in [-0.05, 0) is 24.1 Å². The minimum Gasteiger partial charge on any atom is -0.367 e. The van der Waals surface area contributed by atoms with Crippen molar-refractivity contribution in [3.63, 3.8) is 0 Å². The zero-order chi connectivity index (χ0) is 16.8. The molecule has 0 aliphatic carbocycles. The van der Waals surface area contributed by atoms with Crippen molar-refractivity contribution in [2.75, 3.05) is 38.2 Å². The molecule has 1 saturated heterocycles. The normalized spacial score (nSPS) is 16.5. The highest BCUT2D eigenvalue weighted by Gasteiger charge is 2.27. The van der Waals surface area contributed by atoms with E-state index < -0.39 is 6.10 Å². The molecule has 2 heterocycles. The third-order valence-corrected chi connectivity index (χ3v) is 4.25. The Morgan fingerprint density at radius 1 is 1.08 bits per heavy atom. The van der Waals surface area contributed by atoms with Crippen molar-refractivity contribution in [2.24, 2.45) is 0 Å². The first kappa shape index (κ1) is 16.4. The minimum atomic E-state index is -0.547. The van der Waals surface area contributed by atoms with Crippen LogP contribution in [0.15, 0.2) is 48.7 Å². The molecule has 3 rings (SSSR count). The van der Waals surface area contributed by atoms with Gasteiger partial charge in [-0.1, -0.05) is 30.3 Å². The third kappa shape index (κ3) is 3.71. The van der Waals surface area contributed by atoms with Gasteiger partial charge in [-0.15, -0.1) is 5.10 Å². The number of hydrogen-bond donors (Lipinski definition) is 0. The summed E-state index contributed by atoms with van der Waals surface area (Å²) in [4.78, 5) is 16.9. The molecule has 0 bridgehead atoms. The largest absolute Gasteiger partial charge is 0.367 e. The number of carbonyl (C=O) groups excluding carboxylic acids is 1. The molecule has 1 aliphatic heterocycles. The molecule has 0 spiro atoms. The van der Waals surface area contributed by atoms with Crippen molar-refractivity contribution in [2.45, 2.75) is 12.5 Å². The van der Waals surface area contributed by atoms with Crippen molar-refractivity contribution in [1.82, 2.24) is 15.1 Å². The maximum Gasteiger partial charge on any atom is 0.256 e. The van der Waals surface area contributed by atoms with Crippen LogP contribution in [-0.4, -0.2) is 54.3 Å². The zero-order valence-corrected chi connectivity index (χ0v) is 13.8. The average Bonchev–Trinajstić information content (AvgIpc) is 2.90. The van der Waals surface area contributed by atoms with Gasteiger partial charge >= 0.3 is 0 Å². The van der Waals surface area contributed by atoms with Gasteiger partial charge < -0.3 is 14.5 Å². The number of methoxy groups -OCH3 is 1. The van der Waals surface area contributed by atoms with Gasteiger partial charge in [0.25, 0.3) is 5.91 Å². The fraction of sp³-hybridized carbons (Fsp3) is 0.389. The SMILES string of the molecule is CO[C@@H](C(=O)N1CCCN(c2cccnn2)CC1)c1ccccc1. The lowest BCUT2D eigenvalue weighted by molar-refractivity contribution is -0.142. The second-order valence-corrected chi connectivity index (χ2v) is 5.77. The molecule has 1 atom stereocenters. The van der Waals surface area contributed by atoms with E-state index in [0.717, 1.165) is 37.4 Å². The number of hydrogen-bond acceptors (Lipinski definition) is 5. The molecule has 0 unspecified atom stereocenters. The van der Waals surface area contributed by atoms with Gasteiger partial charge in [0.2, 0.25) is 0 Å². The molecule has 1 fully saturated rings. The Morgan fingerprint density at radius 2 is 1.92 bits per heavy atom. The molecule has 0 saturated carbocycles. The van der Waals surface area contributed by atoms with Crippen LogP contribution in [0.1, 0.15) is 18.1 Å². The van der Waals surface area contributed by atoms with E-state index in [1.807, 2.05) is 47.4 Å². The molecule has 1 aromatic heterocycles. The van der Waals surface area contributed by atoms with Gasteiger partial charge in [-0.3, -0.25) is 4.79 Å². The highest BCUT2D eigenvalue weighted by Crippen LogP contribution is 2.21. The summed E-state index contributed by atoms with van der Waals surface area (Å²) >= 11 is 0. The molecule has 6 heteroatoms. The van der Waals surface area contributed by atoms with Crippen LogP contribution in [-0.2, 0) is 9.53 Å². The summed E-state index contributed by atoms with van der Waals surface area (Å²) < 4.78 is 5.48. The maximum absolute atomic E-state index is 12.9. The third-order valence-electron chi connectivity index (χ3n) is 4.25. The fourth-order valence-electron chi connectivity index (χ4n) is 3.00. The van der Waals surface area contributed by atoms with Gasteiger partial charge in [0.15, 0.2) is 11.9 Å². The van der Waals surface area contributed by atoms with Crippen LogP contribution in [0.2, 0.25) is 0 Å². The first-order valence-corrected chi connectivity index (χ1v) is 8.19. The Balaban J connectivity index is 1.68. The summed E-state index contributed by atoms with van der Waals surface area (Å²) in [7, 11) is 1.58. The van der Waals surface area contributed by atoms with Gasteiger partial charge in [-0.2, -0.15) is 5.10 Å². The molecule has 0 N–H and O–H groups in total. The Morgan fingerprint density at radius 3 is 2.62 bits per heavy atom. The summed E-state index contributed by atoms with van der Waals surface area (Å²) in [6, 6.07) is 13.5. The number of aromatic nitrogens is 2. The number of anilines is 1. The van der Waals surface area contributed by atoms with Gasteiger partial charge in [0, 0.05) is 39.5 Å². The van der Waals surface area contributed by atoms with E-state index in [1.54, 1.807) is 13.3 Å². The summed E-state index contributed by atoms with van der Waals surface area (Å²) in [5, 5.41) is 8.09. The van der Waals surface area contributed by atoms with Gasteiger partial charge in [0.05, 0.1) is 0 Å². The number of amides is 1. The van der Waals surface area contributed by atoms with E-state index in [4.69, 9.17) is 4.74 Å². The highest BCUT2D eigenvalue weighted by atomic mass is 16.5. The number of carbonyl (C=O) groups is 1. The topological polar surface area (TPSA) is 58.6 Å². The molecule has 6 nitrogen and oxygen atoms in total. The second kappa shape index (κ2) is 7.88. The smallest absolute Gasteiger partial charge is 0.256 e. The number of nitrogens with zero attached hydrogens (tertiary/aromatic N) is 4. The monoisotopic (exact) mass is 326 g/mol. The van der Waals surface area contributed by atoms with Crippen LogP contribution in [0.4, 0.5) is 5.82 Å². The van der Waals surface area contributed by atoms with E-state index in [0.29, 0.717) is 6.54 Å². The van der Waals surface area contributed by atoms with Crippen LogP contribution in [0.5, 0.6) is 0 Å². The minimum absolute atomic E-state index is 0.0182. The first-order chi connectivity index (χ1) is 11.8. The van der Waals surface area contributed by atoms with Crippen molar-refractivity contribution < 1.29 is 9.53 Å². The zero-order valence-electron chi connectivity index (χ0n) is 13.8. The second-order valence-electron chi connectivity index (χ2n) is 5.77. The van der Waals surface area contributed by atoms with E-state index >= 15 is 0 Å². The lowest BCUT2D eigenvalue weighted by Gasteiger charge is -2.26. The van der Waals surface area contributed by atoms with E-state index in [-0.39, 0.29) is 5.91 Å². The molecule has 2 aromatic rings. The molecule has 126 valence electrons. The highest BCUT2D eigenvalue weighted by molar-refractivity contribution is 5.82. The predicted molar refractivity (Wildman–Crippen MR) is 91.6 cm³/mol. The quantitative estimate of drug-likeness (QED) is 0.859. The van der Waals surface area contributed by atoms with Crippen LogP contribution in [0, 0.1) is 0 Å². The van der Waals surface area contributed by atoms with Gasteiger partial charge in [-0.25, -0.2) is 0 Å². The van der Waals surface area contributed by atoms with Crippen molar-refractivity contribution in [3.05, 3.63) is 54.2 Å². The Hall–Kier alpha value is -2.47. The molecule has 1 aromatic carbocycles. The standard InChI is InChI=1S/C18H22N4O2/c1-24-17(15-7-3-2-4-8-15)18(23)22-12-6-11-21(13-14-22)16-9-5-10-19-20-16/h2-5,7-10,17H,6,11-14H2,1H3/t17-/m1/s1. The number of benzene rings is 1. The average molecular weight is 326 g/mol. The Bertz CT molecular complexity index is 651. The summed E-state index contributed by atoms with van der Waals surface area (Å²) in [6.07, 6.45) is 2.02.